The fourth-order valence-electron chi connectivity index (χ4n) is 3.55. The third-order valence-electron chi connectivity index (χ3n) is 4.84. The number of aryl methyl sites for hydroxylation is 3. The lowest BCUT2D eigenvalue weighted by atomic mass is 10.1. The summed E-state index contributed by atoms with van der Waals surface area (Å²) in [5.41, 5.74) is 2.78. The maximum Gasteiger partial charge on any atom is 0.264 e. The number of anilines is 1. The van der Waals surface area contributed by atoms with Gasteiger partial charge in [0.15, 0.2) is 0 Å². The molecule has 1 aliphatic heterocycles. The molecule has 6 nitrogen and oxygen atoms in total. The molecule has 2 N–H and O–H groups in total. The fourth-order valence-corrected chi connectivity index (χ4v) is 5.11. The van der Waals surface area contributed by atoms with E-state index in [1.165, 1.54) is 0 Å². The van der Waals surface area contributed by atoms with Crippen molar-refractivity contribution in [2.75, 3.05) is 17.8 Å². The predicted octanol–water partition coefficient (Wildman–Crippen LogP) is 3.23. The zero-order valence-corrected chi connectivity index (χ0v) is 16.2. The third kappa shape index (κ3) is 3.35. The van der Waals surface area contributed by atoms with Crippen molar-refractivity contribution < 1.29 is 13.2 Å². The first-order chi connectivity index (χ1) is 12.3. The van der Waals surface area contributed by atoms with Gasteiger partial charge in [0.25, 0.3) is 15.9 Å². The number of nitrogens with zero attached hydrogens (tertiary/aromatic N) is 1. The van der Waals surface area contributed by atoms with Gasteiger partial charge in [-0.15, -0.1) is 0 Å². The summed E-state index contributed by atoms with van der Waals surface area (Å²) in [5.74, 6) is -0.214. The van der Waals surface area contributed by atoms with E-state index in [4.69, 9.17) is 0 Å². The minimum absolute atomic E-state index is 0.0535. The Morgan fingerprint density at radius 1 is 1.15 bits per heavy atom. The molecule has 0 spiro atoms. The molecular formula is C19H25N3O3S. The van der Waals surface area contributed by atoms with Gasteiger partial charge in [-0.3, -0.25) is 9.52 Å². The highest BCUT2D eigenvalue weighted by Gasteiger charge is 2.32. The third-order valence-corrected chi connectivity index (χ3v) is 6.37. The Morgan fingerprint density at radius 3 is 2.46 bits per heavy atom. The van der Waals surface area contributed by atoms with Gasteiger partial charge < -0.3 is 9.88 Å². The molecule has 1 aromatic heterocycles. The monoisotopic (exact) mass is 375 g/mol. The van der Waals surface area contributed by atoms with Crippen LogP contribution in [0.2, 0.25) is 0 Å². The number of carbonyl (C=O) groups is 1. The van der Waals surface area contributed by atoms with Gasteiger partial charge in [0, 0.05) is 24.5 Å². The van der Waals surface area contributed by atoms with Crippen molar-refractivity contribution in [2.45, 2.75) is 44.9 Å². The summed E-state index contributed by atoms with van der Waals surface area (Å²) >= 11 is 0. The molecule has 0 bridgehead atoms. The topological polar surface area (TPSA) is 82.3 Å². The lowest BCUT2D eigenvalue weighted by Gasteiger charge is -2.17. The number of sulfonamides is 1. The van der Waals surface area contributed by atoms with Crippen LogP contribution < -0.4 is 4.72 Å². The first-order valence-electron chi connectivity index (χ1n) is 8.94. The fraction of sp³-hybridized carbons (Fsp3) is 0.421. The smallest absolute Gasteiger partial charge is 0.264 e. The van der Waals surface area contributed by atoms with Gasteiger partial charge in [-0.05, 0) is 44.7 Å². The summed E-state index contributed by atoms with van der Waals surface area (Å²) in [4.78, 5) is 17.8. The van der Waals surface area contributed by atoms with Crippen molar-refractivity contribution in [3.8, 4) is 0 Å². The molecule has 1 aliphatic rings. The predicted molar refractivity (Wildman–Crippen MR) is 102 cm³/mol. The minimum atomic E-state index is -3.89. The zero-order valence-electron chi connectivity index (χ0n) is 15.4. The number of benzene rings is 1. The molecule has 0 aliphatic carbocycles. The van der Waals surface area contributed by atoms with Gasteiger partial charge in [0.2, 0.25) is 0 Å². The normalized spacial score (nSPS) is 14.7. The van der Waals surface area contributed by atoms with Crippen LogP contribution >= 0.6 is 0 Å². The van der Waals surface area contributed by atoms with Crippen LogP contribution in [-0.4, -0.2) is 37.3 Å². The van der Waals surface area contributed by atoms with Crippen LogP contribution in [0.3, 0.4) is 0 Å². The van der Waals surface area contributed by atoms with Gasteiger partial charge >= 0.3 is 0 Å². The largest absolute Gasteiger partial charge is 0.361 e. The number of rotatable bonds is 5. The second kappa shape index (κ2) is 7.15. The Labute approximate surface area is 154 Å². The molecule has 0 radical (unpaired) electrons. The first kappa shape index (κ1) is 18.5. The molecule has 0 saturated carbocycles. The second-order valence-electron chi connectivity index (χ2n) is 6.69. The van der Waals surface area contributed by atoms with E-state index < -0.39 is 10.0 Å². The maximum absolute atomic E-state index is 13.1. The van der Waals surface area contributed by atoms with Crippen LogP contribution in [0, 0.1) is 13.8 Å². The Hall–Kier alpha value is -2.28. The van der Waals surface area contributed by atoms with Crippen LogP contribution in [0.4, 0.5) is 5.69 Å². The molecule has 1 saturated heterocycles. The molecule has 1 amide bonds. The van der Waals surface area contributed by atoms with Gasteiger partial charge in [-0.1, -0.05) is 25.1 Å². The Morgan fingerprint density at radius 2 is 1.81 bits per heavy atom. The average molecular weight is 375 g/mol. The van der Waals surface area contributed by atoms with E-state index in [0.717, 1.165) is 18.4 Å². The van der Waals surface area contributed by atoms with Crippen molar-refractivity contribution in [1.82, 2.24) is 9.88 Å². The summed E-state index contributed by atoms with van der Waals surface area (Å²) in [7, 11) is -3.89. The molecule has 140 valence electrons. The van der Waals surface area contributed by atoms with Crippen LogP contribution in [0.1, 0.15) is 47.1 Å². The lowest BCUT2D eigenvalue weighted by molar-refractivity contribution is 0.0788. The van der Waals surface area contributed by atoms with E-state index in [1.54, 1.807) is 30.9 Å². The van der Waals surface area contributed by atoms with E-state index in [-0.39, 0.29) is 16.4 Å². The number of hydrogen-bond acceptors (Lipinski definition) is 3. The van der Waals surface area contributed by atoms with Gasteiger partial charge in [0.05, 0.1) is 11.3 Å². The highest BCUT2D eigenvalue weighted by molar-refractivity contribution is 7.92. The summed E-state index contributed by atoms with van der Waals surface area (Å²) in [6.07, 6.45) is 2.63. The molecule has 7 heteroatoms. The van der Waals surface area contributed by atoms with Crippen LogP contribution in [0.15, 0.2) is 29.2 Å². The quantitative estimate of drug-likeness (QED) is 0.842. The van der Waals surface area contributed by atoms with E-state index >= 15 is 0 Å². The number of amides is 1. The number of aromatic amines is 1. The maximum atomic E-state index is 13.1. The van der Waals surface area contributed by atoms with Gasteiger partial charge in [0.1, 0.15) is 4.90 Å². The Kier molecular flexibility index (Phi) is 5.09. The van der Waals surface area contributed by atoms with Crippen molar-refractivity contribution in [2.24, 2.45) is 0 Å². The molecule has 26 heavy (non-hydrogen) atoms. The zero-order chi connectivity index (χ0) is 18.9. The standard InChI is InChI=1S/C19H25N3O3S/c1-4-15-9-5-6-10-16(15)21-26(24,25)18-14(3)20-13(2)17(18)19(23)22-11-7-8-12-22/h5-6,9-10,20-21H,4,7-8,11-12H2,1-3H3. The SMILES string of the molecule is CCc1ccccc1NS(=O)(=O)c1c(C)[nH]c(C)c1C(=O)N1CCCC1. The first-order valence-corrected chi connectivity index (χ1v) is 10.4. The van der Waals surface area contributed by atoms with Crippen LogP contribution in [0.25, 0.3) is 0 Å². The molecule has 2 aromatic rings. The number of nitrogens with one attached hydrogen (secondary N) is 2. The van der Waals surface area contributed by atoms with Crippen molar-refractivity contribution in [3.05, 3.63) is 46.8 Å². The molecule has 3 rings (SSSR count). The Bertz CT molecular complexity index is 926. The minimum Gasteiger partial charge on any atom is -0.361 e. The van der Waals surface area contributed by atoms with E-state index in [2.05, 4.69) is 9.71 Å². The van der Waals surface area contributed by atoms with E-state index in [0.29, 0.717) is 36.6 Å². The molecule has 0 unspecified atom stereocenters. The summed E-state index contributed by atoms with van der Waals surface area (Å²) in [5, 5.41) is 0. The number of hydrogen-bond donors (Lipinski definition) is 2. The van der Waals surface area contributed by atoms with Crippen molar-refractivity contribution in [1.29, 1.82) is 0 Å². The van der Waals surface area contributed by atoms with Gasteiger partial charge in [-0.25, -0.2) is 8.42 Å². The lowest BCUT2D eigenvalue weighted by Crippen LogP contribution is -2.30. The van der Waals surface area contributed by atoms with Crippen molar-refractivity contribution >= 4 is 21.6 Å². The van der Waals surface area contributed by atoms with Crippen LogP contribution in [-0.2, 0) is 16.4 Å². The molecule has 1 aromatic carbocycles. The Balaban J connectivity index is 2.03. The van der Waals surface area contributed by atoms with Gasteiger partial charge in [-0.2, -0.15) is 0 Å². The number of para-hydroxylation sites is 1. The number of likely N-dealkylation sites (tertiary alicyclic amines) is 1. The molecular weight excluding hydrogens is 350 g/mol. The number of H-pyrrole nitrogens is 1. The second-order valence-corrected chi connectivity index (χ2v) is 8.31. The van der Waals surface area contributed by atoms with Crippen LogP contribution in [0.5, 0.6) is 0 Å². The molecule has 0 atom stereocenters. The summed E-state index contributed by atoms with van der Waals surface area (Å²) in [6, 6.07) is 7.31. The van der Waals surface area contributed by atoms with E-state index in [9.17, 15) is 13.2 Å². The number of carbonyl (C=O) groups excluding carboxylic acids is 1. The molecule has 2 heterocycles. The molecule has 1 fully saturated rings. The number of aromatic nitrogens is 1. The van der Waals surface area contributed by atoms with Crippen molar-refractivity contribution in [3.63, 3.8) is 0 Å². The summed E-state index contributed by atoms with van der Waals surface area (Å²) < 4.78 is 29.0. The van der Waals surface area contributed by atoms with E-state index in [1.807, 2.05) is 19.1 Å². The highest BCUT2D eigenvalue weighted by atomic mass is 32.2. The average Bonchev–Trinajstić information content (AvgIpc) is 3.22. The highest BCUT2D eigenvalue weighted by Crippen LogP contribution is 2.29. The summed E-state index contributed by atoms with van der Waals surface area (Å²) in [6.45, 7) is 6.76.